The lowest BCUT2D eigenvalue weighted by atomic mass is 10.2. The molecule has 0 saturated carbocycles. The Balaban J connectivity index is 2.21. The van der Waals surface area contributed by atoms with Crippen LogP contribution in [-0.2, 0) is 0 Å². The molecule has 0 bridgehead atoms. The molecule has 4 heteroatoms. The monoisotopic (exact) mass is 229 g/mol. The first-order chi connectivity index (χ1) is 5.77. The van der Waals surface area contributed by atoms with Crippen LogP contribution in [0, 0.1) is 6.92 Å². The molecule has 1 aliphatic rings. The predicted octanol–water partition coefficient (Wildman–Crippen LogP) is 1.91. The molecule has 1 unspecified atom stereocenters. The number of nitrogens with one attached hydrogen (secondary N) is 2. The first-order valence-corrected chi connectivity index (χ1v) is 5.02. The van der Waals surface area contributed by atoms with Gasteiger partial charge in [-0.25, -0.2) is 4.98 Å². The molecule has 1 saturated heterocycles. The third-order valence-electron chi connectivity index (χ3n) is 2.23. The van der Waals surface area contributed by atoms with Gasteiger partial charge in [0.2, 0.25) is 0 Å². The van der Waals surface area contributed by atoms with Crippen molar-refractivity contribution in [3.8, 4) is 0 Å². The van der Waals surface area contributed by atoms with E-state index in [-0.39, 0.29) is 0 Å². The lowest BCUT2D eigenvalue weighted by Crippen LogP contribution is -2.14. The largest absolute Gasteiger partial charge is 0.344 e. The number of hydrogen-bond donors (Lipinski definition) is 2. The highest BCUT2D eigenvalue weighted by Gasteiger charge is 2.19. The Hall–Kier alpha value is -0.350. The average molecular weight is 230 g/mol. The van der Waals surface area contributed by atoms with Gasteiger partial charge >= 0.3 is 0 Å². The molecule has 0 amide bonds. The van der Waals surface area contributed by atoms with E-state index in [4.69, 9.17) is 0 Å². The molecule has 1 aliphatic heterocycles. The molecule has 0 spiro atoms. The van der Waals surface area contributed by atoms with Gasteiger partial charge in [0, 0.05) is 5.69 Å². The zero-order valence-corrected chi connectivity index (χ0v) is 8.61. The van der Waals surface area contributed by atoms with Crippen molar-refractivity contribution in [2.45, 2.75) is 25.8 Å². The summed E-state index contributed by atoms with van der Waals surface area (Å²) in [5.41, 5.74) is 1.11. The first kappa shape index (κ1) is 8.26. The number of H-pyrrole nitrogens is 1. The summed E-state index contributed by atoms with van der Waals surface area (Å²) in [6.07, 6.45) is 2.45. The van der Waals surface area contributed by atoms with E-state index in [0.29, 0.717) is 6.04 Å². The van der Waals surface area contributed by atoms with Crippen molar-refractivity contribution in [2.24, 2.45) is 0 Å². The van der Waals surface area contributed by atoms with E-state index >= 15 is 0 Å². The number of halogens is 1. The van der Waals surface area contributed by atoms with Crippen molar-refractivity contribution in [1.82, 2.24) is 15.3 Å². The smallest absolute Gasteiger partial charge is 0.127 e. The van der Waals surface area contributed by atoms with Gasteiger partial charge in [-0.15, -0.1) is 0 Å². The Morgan fingerprint density at radius 1 is 1.58 bits per heavy atom. The quantitative estimate of drug-likeness (QED) is 0.773. The van der Waals surface area contributed by atoms with Gasteiger partial charge in [0.1, 0.15) is 10.4 Å². The summed E-state index contributed by atoms with van der Waals surface area (Å²) in [6.45, 7) is 3.14. The summed E-state index contributed by atoms with van der Waals surface area (Å²) in [5, 5.41) is 3.40. The van der Waals surface area contributed by atoms with Crippen molar-refractivity contribution >= 4 is 15.9 Å². The van der Waals surface area contributed by atoms with Crippen molar-refractivity contribution in [3.05, 3.63) is 16.1 Å². The number of rotatable bonds is 1. The molecule has 0 aromatic carbocycles. The average Bonchev–Trinajstić information content (AvgIpc) is 2.61. The maximum atomic E-state index is 4.39. The van der Waals surface area contributed by atoms with Crippen molar-refractivity contribution in [1.29, 1.82) is 0 Å². The van der Waals surface area contributed by atoms with Crippen molar-refractivity contribution in [3.63, 3.8) is 0 Å². The third-order valence-corrected chi connectivity index (χ3v) is 3.01. The molecule has 1 aromatic heterocycles. The highest BCUT2D eigenvalue weighted by Crippen LogP contribution is 2.23. The summed E-state index contributed by atoms with van der Waals surface area (Å²) < 4.78 is 0.936. The highest BCUT2D eigenvalue weighted by molar-refractivity contribution is 9.10. The number of aryl methyl sites for hydroxylation is 1. The minimum atomic E-state index is 0.440. The molecule has 1 aromatic rings. The molecule has 3 nitrogen and oxygen atoms in total. The Morgan fingerprint density at radius 3 is 2.92 bits per heavy atom. The molecule has 12 heavy (non-hydrogen) atoms. The van der Waals surface area contributed by atoms with E-state index in [0.717, 1.165) is 22.7 Å². The van der Waals surface area contributed by atoms with E-state index in [1.165, 1.54) is 12.8 Å². The fourth-order valence-corrected chi connectivity index (χ4v) is 1.83. The van der Waals surface area contributed by atoms with Crippen LogP contribution >= 0.6 is 15.9 Å². The molecule has 0 radical (unpaired) electrons. The molecule has 1 fully saturated rings. The maximum absolute atomic E-state index is 4.39. The standard InChI is InChI=1S/C8H12BrN3/c1-5-7(9)12-8(11-5)6-3-2-4-10-6/h6,10H,2-4H2,1H3,(H,11,12). The zero-order chi connectivity index (χ0) is 8.55. The normalized spacial score (nSPS) is 23.3. The van der Waals surface area contributed by atoms with Crippen LogP contribution in [-0.4, -0.2) is 16.5 Å². The molecule has 2 N–H and O–H groups in total. The molecule has 0 aliphatic carbocycles. The summed E-state index contributed by atoms with van der Waals surface area (Å²) in [5.74, 6) is 1.07. The van der Waals surface area contributed by atoms with Crippen LogP contribution in [0.3, 0.4) is 0 Å². The fraction of sp³-hybridized carbons (Fsp3) is 0.625. The maximum Gasteiger partial charge on any atom is 0.127 e. The topological polar surface area (TPSA) is 40.7 Å². The van der Waals surface area contributed by atoms with Crippen LogP contribution < -0.4 is 5.32 Å². The third kappa shape index (κ3) is 1.41. The van der Waals surface area contributed by atoms with Crippen LogP contribution in [0.25, 0.3) is 0 Å². The molecular weight excluding hydrogens is 218 g/mol. The summed E-state index contributed by atoms with van der Waals surface area (Å²) >= 11 is 3.39. The lowest BCUT2D eigenvalue weighted by Gasteiger charge is -2.04. The summed E-state index contributed by atoms with van der Waals surface area (Å²) in [7, 11) is 0. The molecule has 2 rings (SSSR count). The fourth-order valence-electron chi connectivity index (χ4n) is 1.54. The van der Waals surface area contributed by atoms with Gasteiger partial charge in [-0.3, -0.25) is 0 Å². The Morgan fingerprint density at radius 2 is 2.42 bits per heavy atom. The number of aromatic nitrogens is 2. The van der Waals surface area contributed by atoms with Crippen molar-refractivity contribution < 1.29 is 0 Å². The van der Waals surface area contributed by atoms with Crippen molar-refractivity contribution in [2.75, 3.05) is 6.54 Å². The van der Waals surface area contributed by atoms with E-state index in [9.17, 15) is 0 Å². The van der Waals surface area contributed by atoms with E-state index in [1.54, 1.807) is 0 Å². The number of hydrogen-bond acceptors (Lipinski definition) is 2. The van der Waals surface area contributed by atoms with Crippen LogP contribution in [0.2, 0.25) is 0 Å². The van der Waals surface area contributed by atoms with Gasteiger partial charge in [-0.1, -0.05) is 0 Å². The molecule has 2 heterocycles. The van der Waals surface area contributed by atoms with Gasteiger partial charge in [0.15, 0.2) is 0 Å². The minimum absolute atomic E-state index is 0.440. The van der Waals surface area contributed by atoms with E-state index in [1.807, 2.05) is 6.92 Å². The van der Waals surface area contributed by atoms with Crippen LogP contribution in [0.5, 0.6) is 0 Å². The van der Waals surface area contributed by atoms with E-state index < -0.39 is 0 Å². The molecular formula is C8H12BrN3. The molecule has 66 valence electrons. The van der Waals surface area contributed by atoms with Gasteiger partial charge in [0.25, 0.3) is 0 Å². The predicted molar refractivity (Wildman–Crippen MR) is 51.0 cm³/mol. The summed E-state index contributed by atoms with van der Waals surface area (Å²) in [6, 6.07) is 0.440. The SMILES string of the molecule is Cc1[nH]c(C2CCCN2)nc1Br. The highest BCUT2D eigenvalue weighted by atomic mass is 79.9. The first-order valence-electron chi connectivity index (χ1n) is 4.23. The summed E-state index contributed by atoms with van der Waals surface area (Å²) in [4.78, 5) is 7.66. The van der Waals surface area contributed by atoms with Gasteiger partial charge in [-0.05, 0) is 42.2 Å². The van der Waals surface area contributed by atoms with E-state index in [2.05, 4.69) is 31.2 Å². The Labute approximate surface area is 80.1 Å². The van der Waals surface area contributed by atoms with Crippen LogP contribution in [0.1, 0.15) is 30.4 Å². The van der Waals surface area contributed by atoms with Gasteiger partial charge < -0.3 is 10.3 Å². The second kappa shape index (κ2) is 3.18. The minimum Gasteiger partial charge on any atom is -0.344 e. The number of aromatic amines is 1. The number of nitrogens with zero attached hydrogens (tertiary/aromatic N) is 1. The zero-order valence-electron chi connectivity index (χ0n) is 7.02. The molecule has 1 atom stereocenters. The van der Waals surface area contributed by atoms with Gasteiger partial charge in [-0.2, -0.15) is 0 Å². The second-order valence-corrected chi connectivity index (χ2v) is 3.94. The Kier molecular flexibility index (Phi) is 2.19. The second-order valence-electron chi connectivity index (χ2n) is 3.19. The van der Waals surface area contributed by atoms with Gasteiger partial charge in [0.05, 0.1) is 6.04 Å². The van der Waals surface area contributed by atoms with Crippen LogP contribution in [0.4, 0.5) is 0 Å². The van der Waals surface area contributed by atoms with Crippen LogP contribution in [0.15, 0.2) is 4.60 Å². The Bertz CT molecular complexity index is 256. The lowest BCUT2D eigenvalue weighted by molar-refractivity contribution is 0.611. The number of imidazole rings is 1.